The average Bonchev–Trinajstić information content (AvgIpc) is 3.60. The summed E-state index contributed by atoms with van der Waals surface area (Å²) < 4.78 is 0. The average molecular weight is 475 g/mol. The number of amides is 4. The van der Waals surface area contributed by atoms with E-state index in [2.05, 4.69) is 10.3 Å². The first-order chi connectivity index (χ1) is 16.5. The van der Waals surface area contributed by atoms with Gasteiger partial charge in [0.15, 0.2) is 5.13 Å². The van der Waals surface area contributed by atoms with Gasteiger partial charge in [-0.1, -0.05) is 30.3 Å². The van der Waals surface area contributed by atoms with Crippen LogP contribution in [-0.2, 0) is 11.2 Å². The summed E-state index contributed by atoms with van der Waals surface area (Å²) in [6.45, 7) is 0.715. The number of nitrogens with zero attached hydrogens (tertiary/aromatic N) is 3. The van der Waals surface area contributed by atoms with Crippen LogP contribution in [0.4, 0.5) is 5.13 Å². The van der Waals surface area contributed by atoms with E-state index in [1.807, 2.05) is 30.3 Å². The van der Waals surface area contributed by atoms with Crippen LogP contribution in [0.25, 0.3) is 0 Å². The Morgan fingerprint density at radius 1 is 1.06 bits per heavy atom. The standard InChI is InChI=1S/C25H22N4O4S/c30-21(27-25-26-11-14-34-25)20-7-4-12-28(20)22(31)17-8-9-18-19(15-17)24(33)29(23(18)32)13-10-16-5-2-1-3-6-16/h1-3,5-6,8-9,11,14-15,20H,4,7,10,12-13H2,(H,26,27,30). The monoisotopic (exact) mass is 474 g/mol. The van der Waals surface area contributed by atoms with E-state index in [9.17, 15) is 19.2 Å². The Balaban J connectivity index is 1.31. The SMILES string of the molecule is O=C(Nc1nccs1)C1CCCN1C(=O)c1ccc2c(c1)C(=O)N(CCc1ccccc1)C2=O. The van der Waals surface area contributed by atoms with Gasteiger partial charge in [0.1, 0.15) is 6.04 Å². The van der Waals surface area contributed by atoms with E-state index in [-0.39, 0.29) is 29.8 Å². The molecule has 9 heteroatoms. The smallest absolute Gasteiger partial charge is 0.261 e. The number of hydrogen-bond donors (Lipinski definition) is 1. The minimum atomic E-state index is -0.607. The van der Waals surface area contributed by atoms with Crippen molar-refractivity contribution in [3.8, 4) is 0 Å². The van der Waals surface area contributed by atoms with Gasteiger partial charge in [0.25, 0.3) is 17.7 Å². The van der Waals surface area contributed by atoms with Crippen molar-refractivity contribution < 1.29 is 19.2 Å². The van der Waals surface area contributed by atoms with E-state index in [1.54, 1.807) is 17.6 Å². The van der Waals surface area contributed by atoms with E-state index in [0.29, 0.717) is 42.1 Å². The first-order valence-electron chi connectivity index (χ1n) is 11.1. The van der Waals surface area contributed by atoms with Crippen molar-refractivity contribution in [1.29, 1.82) is 0 Å². The molecule has 1 atom stereocenters. The molecule has 2 aromatic carbocycles. The Morgan fingerprint density at radius 2 is 1.85 bits per heavy atom. The number of aromatic nitrogens is 1. The first-order valence-corrected chi connectivity index (χ1v) is 12.0. The van der Waals surface area contributed by atoms with Gasteiger partial charge in [-0.05, 0) is 43.0 Å². The van der Waals surface area contributed by atoms with Crippen molar-refractivity contribution in [3.63, 3.8) is 0 Å². The number of fused-ring (bicyclic) bond motifs is 1. The summed E-state index contributed by atoms with van der Waals surface area (Å²) in [5.41, 5.74) is 1.85. The number of carbonyl (C=O) groups is 4. The number of rotatable bonds is 6. The van der Waals surface area contributed by atoms with Crippen molar-refractivity contribution in [2.45, 2.75) is 25.3 Å². The Morgan fingerprint density at radius 3 is 2.62 bits per heavy atom. The van der Waals surface area contributed by atoms with Crippen LogP contribution in [0.15, 0.2) is 60.1 Å². The number of imide groups is 1. The minimum Gasteiger partial charge on any atom is -0.327 e. The number of benzene rings is 2. The maximum absolute atomic E-state index is 13.3. The molecule has 3 aromatic rings. The maximum atomic E-state index is 13.3. The predicted molar refractivity (Wildman–Crippen MR) is 127 cm³/mol. The quantitative estimate of drug-likeness (QED) is 0.553. The van der Waals surface area contributed by atoms with Crippen molar-refractivity contribution in [2.24, 2.45) is 0 Å². The van der Waals surface area contributed by atoms with Crippen molar-refractivity contribution in [1.82, 2.24) is 14.8 Å². The Bertz CT molecular complexity index is 1260. The fourth-order valence-electron chi connectivity index (χ4n) is 4.43. The molecule has 0 spiro atoms. The van der Waals surface area contributed by atoms with E-state index < -0.39 is 11.9 Å². The summed E-state index contributed by atoms with van der Waals surface area (Å²) in [6, 6.07) is 13.6. The molecule has 1 aromatic heterocycles. The molecule has 1 N–H and O–H groups in total. The molecular weight excluding hydrogens is 452 g/mol. The Kier molecular flexibility index (Phi) is 5.93. The van der Waals surface area contributed by atoms with Crippen LogP contribution in [0.5, 0.6) is 0 Å². The Labute approximate surface area is 200 Å². The van der Waals surface area contributed by atoms with Gasteiger partial charge in [0, 0.05) is 30.2 Å². The highest BCUT2D eigenvalue weighted by molar-refractivity contribution is 7.13. The zero-order chi connectivity index (χ0) is 23.7. The second kappa shape index (κ2) is 9.18. The van der Waals surface area contributed by atoms with Gasteiger partial charge < -0.3 is 10.2 Å². The third-order valence-corrected chi connectivity index (χ3v) is 6.85. The zero-order valence-corrected chi connectivity index (χ0v) is 19.1. The van der Waals surface area contributed by atoms with Gasteiger partial charge in [-0.25, -0.2) is 4.98 Å². The lowest BCUT2D eigenvalue weighted by Gasteiger charge is -2.23. The number of carbonyl (C=O) groups excluding carboxylic acids is 4. The maximum Gasteiger partial charge on any atom is 0.261 e. The first kappa shape index (κ1) is 22.0. The van der Waals surface area contributed by atoms with E-state index in [0.717, 1.165) is 5.56 Å². The van der Waals surface area contributed by atoms with Crippen molar-refractivity contribution in [2.75, 3.05) is 18.4 Å². The fraction of sp³-hybridized carbons (Fsp3) is 0.240. The minimum absolute atomic E-state index is 0.229. The van der Waals surface area contributed by atoms with Crippen LogP contribution in [0.2, 0.25) is 0 Å². The molecule has 3 heterocycles. The van der Waals surface area contributed by atoms with Crippen LogP contribution >= 0.6 is 11.3 Å². The molecule has 0 aliphatic carbocycles. The third-order valence-electron chi connectivity index (χ3n) is 6.16. The van der Waals surface area contributed by atoms with Gasteiger partial charge in [-0.2, -0.15) is 0 Å². The van der Waals surface area contributed by atoms with Gasteiger partial charge in [0.05, 0.1) is 11.1 Å². The number of hydrogen-bond acceptors (Lipinski definition) is 6. The molecule has 0 radical (unpaired) electrons. The zero-order valence-electron chi connectivity index (χ0n) is 18.3. The number of thiazole rings is 1. The number of nitrogens with one attached hydrogen (secondary N) is 1. The van der Waals surface area contributed by atoms with Crippen LogP contribution in [0.3, 0.4) is 0 Å². The lowest BCUT2D eigenvalue weighted by atomic mass is 10.0. The highest BCUT2D eigenvalue weighted by Gasteiger charge is 2.38. The molecule has 1 saturated heterocycles. The molecule has 34 heavy (non-hydrogen) atoms. The lowest BCUT2D eigenvalue weighted by Crippen LogP contribution is -2.43. The highest BCUT2D eigenvalue weighted by atomic mass is 32.1. The number of anilines is 1. The second-order valence-electron chi connectivity index (χ2n) is 8.24. The molecule has 1 unspecified atom stereocenters. The number of likely N-dealkylation sites (tertiary alicyclic amines) is 1. The van der Waals surface area contributed by atoms with Gasteiger partial charge in [-0.3, -0.25) is 24.1 Å². The summed E-state index contributed by atoms with van der Waals surface area (Å²) in [6.07, 6.45) is 3.42. The van der Waals surface area contributed by atoms with E-state index in [1.165, 1.54) is 33.3 Å². The summed E-state index contributed by atoms with van der Waals surface area (Å²) >= 11 is 1.31. The predicted octanol–water partition coefficient (Wildman–Crippen LogP) is 3.23. The second-order valence-corrected chi connectivity index (χ2v) is 9.14. The lowest BCUT2D eigenvalue weighted by molar-refractivity contribution is -0.119. The summed E-state index contributed by atoms with van der Waals surface area (Å²) in [5.74, 6) is -1.36. The van der Waals surface area contributed by atoms with Gasteiger partial charge in [-0.15, -0.1) is 11.3 Å². The van der Waals surface area contributed by atoms with E-state index in [4.69, 9.17) is 0 Å². The highest BCUT2D eigenvalue weighted by Crippen LogP contribution is 2.27. The fourth-order valence-corrected chi connectivity index (χ4v) is 4.97. The summed E-state index contributed by atoms with van der Waals surface area (Å²) in [5, 5.41) is 5.01. The van der Waals surface area contributed by atoms with Crippen LogP contribution < -0.4 is 5.32 Å². The van der Waals surface area contributed by atoms with Crippen LogP contribution in [0.1, 0.15) is 49.5 Å². The molecule has 2 aliphatic rings. The molecule has 0 saturated carbocycles. The molecular formula is C25H22N4O4S. The summed E-state index contributed by atoms with van der Waals surface area (Å²) in [4.78, 5) is 58.6. The molecule has 4 amide bonds. The van der Waals surface area contributed by atoms with Crippen molar-refractivity contribution >= 4 is 40.1 Å². The Hall–Kier alpha value is -3.85. The molecule has 0 bridgehead atoms. The third kappa shape index (κ3) is 4.10. The van der Waals surface area contributed by atoms with Gasteiger partial charge >= 0.3 is 0 Å². The summed E-state index contributed by atoms with van der Waals surface area (Å²) in [7, 11) is 0. The molecule has 172 valence electrons. The topological polar surface area (TPSA) is 99.7 Å². The molecule has 2 aliphatic heterocycles. The van der Waals surface area contributed by atoms with Crippen LogP contribution in [0, 0.1) is 0 Å². The molecule has 8 nitrogen and oxygen atoms in total. The van der Waals surface area contributed by atoms with Crippen molar-refractivity contribution in [3.05, 3.63) is 82.4 Å². The van der Waals surface area contributed by atoms with Gasteiger partial charge in [0.2, 0.25) is 5.91 Å². The van der Waals surface area contributed by atoms with Crippen LogP contribution in [-0.4, -0.2) is 57.5 Å². The molecule has 5 rings (SSSR count). The molecule has 1 fully saturated rings. The largest absolute Gasteiger partial charge is 0.327 e. The normalized spacial score (nSPS) is 17.2. The van der Waals surface area contributed by atoms with E-state index >= 15 is 0 Å².